The van der Waals surface area contributed by atoms with Crippen molar-refractivity contribution >= 4 is 33.1 Å². The molecule has 1 aliphatic rings. The van der Waals surface area contributed by atoms with Crippen molar-refractivity contribution in [2.24, 2.45) is 0 Å². The van der Waals surface area contributed by atoms with E-state index in [-0.39, 0.29) is 11.8 Å². The molecule has 7 heteroatoms. The number of nitrogens with one attached hydrogen (secondary N) is 2. The number of urea groups is 1. The Kier molecular flexibility index (Phi) is 4.91. The average Bonchev–Trinajstić information content (AvgIpc) is 2.87. The third-order valence-corrected chi connectivity index (χ3v) is 6.21. The van der Waals surface area contributed by atoms with Crippen LogP contribution in [0, 0.1) is 20.8 Å². The summed E-state index contributed by atoms with van der Waals surface area (Å²) in [4.78, 5) is 12.4. The molecule has 0 bridgehead atoms. The second kappa shape index (κ2) is 6.99. The summed E-state index contributed by atoms with van der Waals surface area (Å²) in [5.74, 6) is 0.164. The Hall–Kier alpha value is -2.54. The fourth-order valence-corrected chi connectivity index (χ4v) is 4.72. The largest absolute Gasteiger partial charge is 0.323 e. The van der Waals surface area contributed by atoms with E-state index in [4.69, 9.17) is 0 Å². The van der Waals surface area contributed by atoms with E-state index in [1.54, 1.807) is 12.1 Å². The van der Waals surface area contributed by atoms with Gasteiger partial charge in [0, 0.05) is 17.9 Å². The zero-order chi connectivity index (χ0) is 18.9. The van der Waals surface area contributed by atoms with Crippen molar-refractivity contribution in [1.82, 2.24) is 0 Å². The first kappa shape index (κ1) is 18.3. The van der Waals surface area contributed by atoms with Crippen LogP contribution in [0.15, 0.2) is 36.4 Å². The Morgan fingerprint density at radius 2 is 1.69 bits per heavy atom. The summed E-state index contributed by atoms with van der Waals surface area (Å²) in [7, 11) is -3.25. The molecule has 0 radical (unpaired) electrons. The summed E-state index contributed by atoms with van der Waals surface area (Å²) >= 11 is 0. The molecule has 1 saturated heterocycles. The van der Waals surface area contributed by atoms with Gasteiger partial charge in [-0.25, -0.2) is 13.2 Å². The zero-order valence-electron chi connectivity index (χ0n) is 15.2. The summed E-state index contributed by atoms with van der Waals surface area (Å²) in [6, 6.07) is 10.8. The first-order valence-electron chi connectivity index (χ1n) is 8.52. The molecule has 26 heavy (non-hydrogen) atoms. The zero-order valence-corrected chi connectivity index (χ0v) is 16.0. The Balaban J connectivity index is 1.78. The number of benzene rings is 2. The lowest BCUT2D eigenvalue weighted by molar-refractivity contribution is 0.262. The van der Waals surface area contributed by atoms with Crippen LogP contribution in [-0.2, 0) is 10.0 Å². The van der Waals surface area contributed by atoms with Crippen LogP contribution in [0.5, 0.6) is 0 Å². The number of anilines is 3. The van der Waals surface area contributed by atoms with E-state index in [1.165, 1.54) is 4.31 Å². The summed E-state index contributed by atoms with van der Waals surface area (Å²) < 4.78 is 25.6. The molecule has 2 aromatic rings. The third-order valence-electron chi connectivity index (χ3n) is 4.34. The van der Waals surface area contributed by atoms with E-state index < -0.39 is 10.0 Å². The van der Waals surface area contributed by atoms with Gasteiger partial charge in [0.15, 0.2) is 0 Å². The molecule has 1 heterocycles. The molecule has 2 N–H and O–H groups in total. The number of nitrogens with zero attached hydrogens (tertiary/aromatic N) is 1. The number of aryl methyl sites for hydroxylation is 3. The van der Waals surface area contributed by atoms with E-state index in [9.17, 15) is 13.2 Å². The maximum Gasteiger partial charge on any atom is 0.323 e. The fraction of sp³-hybridized carbons (Fsp3) is 0.316. The van der Waals surface area contributed by atoms with Crippen LogP contribution >= 0.6 is 0 Å². The number of hydrogen-bond acceptors (Lipinski definition) is 3. The van der Waals surface area contributed by atoms with Crippen LogP contribution in [0.25, 0.3) is 0 Å². The van der Waals surface area contributed by atoms with Gasteiger partial charge in [-0.2, -0.15) is 0 Å². The van der Waals surface area contributed by atoms with Gasteiger partial charge in [-0.1, -0.05) is 12.1 Å². The smallest absolute Gasteiger partial charge is 0.308 e. The fourth-order valence-electron chi connectivity index (χ4n) is 3.16. The molecule has 6 nitrogen and oxygen atoms in total. The Bertz CT molecular complexity index is 934. The number of amides is 2. The van der Waals surface area contributed by atoms with Crippen LogP contribution in [0.4, 0.5) is 21.9 Å². The van der Waals surface area contributed by atoms with Gasteiger partial charge in [-0.05, 0) is 68.1 Å². The minimum absolute atomic E-state index is 0.164. The van der Waals surface area contributed by atoms with Crippen molar-refractivity contribution in [3.8, 4) is 0 Å². The molecule has 1 aliphatic heterocycles. The molecule has 1 fully saturated rings. The quantitative estimate of drug-likeness (QED) is 0.859. The molecule has 138 valence electrons. The predicted octanol–water partition coefficient (Wildman–Crippen LogP) is 3.80. The molecule has 0 spiro atoms. The molecule has 0 aliphatic carbocycles. The second-order valence-corrected chi connectivity index (χ2v) is 8.71. The normalized spacial score (nSPS) is 15.7. The van der Waals surface area contributed by atoms with E-state index in [0.717, 1.165) is 22.4 Å². The standard InChI is InChI=1S/C19H23N3O3S/c1-13-9-14(2)11-16(10-13)20-19(23)21-18-12-17(6-5-15(18)3)22-7-4-8-26(22,24)25/h5-6,9-12H,4,7-8H2,1-3H3,(H2,20,21,23). The highest BCUT2D eigenvalue weighted by atomic mass is 32.2. The van der Waals surface area contributed by atoms with Crippen LogP contribution in [-0.4, -0.2) is 26.7 Å². The molecule has 0 saturated carbocycles. The molecular formula is C19H23N3O3S. The first-order valence-corrected chi connectivity index (χ1v) is 10.1. The molecular weight excluding hydrogens is 350 g/mol. The summed E-state index contributed by atoms with van der Waals surface area (Å²) in [6.45, 7) is 6.29. The molecule has 0 aromatic heterocycles. The Morgan fingerprint density at radius 1 is 1.00 bits per heavy atom. The van der Waals surface area contributed by atoms with Gasteiger partial charge in [0.2, 0.25) is 10.0 Å². The minimum Gasteiger partial charge on any atom is -0.308 e. The van der Waals surface area contributed by atoms with Crippen molar-refractivity contribution in [3.63, 3.8) is 0 Å². The van der Waals surface area contributed by atoms with E-state index in [0.29, 0.717) is 24.3 Å². The van der Waals surface area contributed by atoms with E-state index in [1.807, 2.05) is 45.0 Å². The van der Waals surface area contributed by atoms with Gasteiger partial charge < -0.3 is 10.6 Å². The topological polar surface area (TPSA) is 78.5 Å². The lowest BCUT2D eigenvalue weighted by Gasteiger charge is -2.19. The molecule has 2 amide bonds. The maximum atomic E-state index is 12.4. The van der Waals surface area contributed by atoms with Gasteiger partial charge in [0.1, 0.15) is 0 Å². The van der Waals surface area contributed by atoms with Crippen molar-refractivity contribution in [1.29, 1.82) is 0 Å². The number of hydrogen-bond donors (Lipinski definition) is 2. The third kappa shape index (κ3) is 3.99. The molecule has 0 unspecified atom stereocenters. The number of carbonyl (C=O) groups excluding carboxylic acids is 1. The average molecular weight is 373 g/mol. The van der Waals surface area contributed by atoms with Gasteiger partial charge in [0.05, 0.1) is 11.4 Å². The highest BCUT2D eigenvalue weighted by Gasteiger charge is 2.28. The first-order chi connectivity index (χ1) is 12.2. The summed E-state index contributed by atoms with van der Waals surface area (Å²) in [5, 5.41) is 5.64. The van der Waals surface area contributed by atoms with Gasteiger partial charge in [0.25, 0.3) is 0 Å². The molecule has 0 atom stereocenters. The van der Waals surface area contributed by atoms with Crippen molar-refractivity contribution in [2.45, 2.75) is 27.2 Å². The van der Waals surface area contributed by atoms with Crippen molar-refractivity contribution in [2.75, 3.05) is 27.2 Å². The number of rotatable bonds is 3. The van der Waals surface area contributed by atoms with Crippen molar-refractivity contribution in [3.05, 3.63) is 53.1 Å². The highest BCUT2D eigenvalue weighted by molar-refractivity contribution is 7.93. The highest BCUT2D eigenvalue weighted by Crippen LogP contribution is 2.28. The van der Waals surface area contributed by atoms with Crippen LogP contribution < -0.4 is 14.9 Å². The minimum atomic E-state index is -3.25. The predicted molar refractivity (Wildman–Crippen MR) is 105 cm³/mol. The Morgan fingerprint density at radius 3 is 2.31 bits per heavy atom. The van der Waals surface area contributed by atoms with E-state index in [2.05, 4.69) is 10.6 Å². The van der Waals surface area contributed by atoms with Crippen LogP contribution in [0.2, 0.25) is 0 Å². The SMILES string of the molecule is Cc1cc(C)cc(NC(=O)Nc2cc(N3CCCS3(=O)=O)ccc2C)c1. The van der Waals surface area contributed by atoms with Gasteiger partial charge in [-0.3, -0.25) is 4.31 Å². The lowest BCUT2D eigenvalue weighted by atomic mass is 10.1. The van der Waals surface area contributed by atoms with Crippen LogP contribution in [0.3, 0.4) is 0 Å². The van der Waals surface area contributed by atoms with Gasteiger partial charge >= 0.3 is 6.03 Å². The maximum absolute atomic E-state index is 12.4. The van der Waals surface area contributed by atoms with Gasteiger partial charge in [-0.15, -0.1) is 0 Å². The summed E-state index contributed by atoms with van der Waals surface area (Å²) in [5.41, 5.74) is 4.88. The number of carbonyl (C=O) groups is 1. The monoisotopic (exact) mass is 373 g/mol. The van der Waals surface area contributed by atoms with Crippen LogP contribution in [0.1, 0.15) is 23.1 Å². The Labute approximate surface area is 154 Å². The second-order valence-electron chi connectivity index (χ2n) is 6.70. The van der Waals surface area contributed by atoms with E-state index >= 15 is 0 Å². The lowest BCUT2D eigenvalue weighted by Crippen LogP contribution is -2.25. The van der Waals surface area contributed by atoms with Crippen molar-refractivity contribution < 1.29 is 13.2 Å². The number of sulfonamides is 1. The molecule has 3 rings (SSSR count). The summed E-state index contributed by atoms with van der Waals surface area (Å²) in [6.07, 6.45) is 0.617. The molecule has 2 aromatic carbocycles.